The van der Waals surface area contributed by atoms with Crippen LogP contribution >= 0.6 is 0 Å². The van der Waals surface area contributed by atoms with Crippen LogP contribution in [0, 0.1) is 0 Å². The van der Waals surface area contributed by atoms with Gasteiger partial charge in [0.1, 0.15) is 0 Å². The predicted molar refractivity (Wildman–Crippen MR) is 221 cm³/mol. The molecule has 0 N–H and O–H groups in total. The summed E-state index contributed by atoms with van der Waals surface area (Å²) in [4.78, 5) is 2.39. The normalized spacial score (nSPS) is 17.1. The van der Waals surface area contributed by atoms with E-state index in [2.05, 4.69) is 206 Å². The second kappa shape index (κ2) is 11.4. The summed E-state index contributed by atoms with van der Waals surface area (Å²) in [6, 6.07) is 56.2. The van der Waals surface area contributed by atoms with Crippen LogP contribution in [-0.2, 0) is 11.0 Å². The van der Waals surface area contributed by atoms with Crippen molar-refractivity contribution in [3.8, 4) is 22.3 Å². The molecule has 0 fully saturated rings. The molecule has 2 heteroatoms. The van der Waals surface area contributed by atoms with Crippen LogP contribution in [-0.4, -0.2) is 4.57 Å². The van der Waals surface area contributed by atoms with Crippen molar-refractivity contribution in [3.05, 3.63) is 187 Å². The Bertz CT molecular complexity index is 2740. The van der Waals surface area contributed by atoms with E-state index >= 15 is 0 Å². The summed E-state index contributed by atoms with van der Waals surface area (Å²) in [5.74, 6) is 0. The van der Waals surface area contributed by atoms with Crippen molar-refractivity contribution in [2.75, 3.05) is 4.90 Å². The number of hydrogen-bond acceptors (Lipinski definition) is 1. The van der Waals surface area contributed by atoms with E-state index in [1.54, 1.807) is 0 Å². The first-order valence-corrected chi connectivity index (χ1v) is 18.4. The van der Waals surface area contributed by atoms with Gasteiger partial charge in [-0.15, -0.1) is 0 Å². The third-order valence-corrected chi connectivity index (χ3v) is 11.7. The van der Waals surface area contributed by atoms with Crippen molar-refractivity contribution in [1.82, 2.24) is 4.57 Å². The lowest BCUT2D eigenvalue weighted by Crippen LogP contribution is -2.27. The molecule has 52 heavy (non-hydrogen) atoms. The summed E-state index contributed by atoms with van der Waals surface area (Å²) in [6.07, 6.45) is 9.96. The molecule has 2 nitrogen and oxygen atoms in total. The Balaban J connectivity index is 1.09. The molecule has 0 saturated heterocycles. The van der Waals surface area contributed by atoms with E-state index in [1.807, 2.05) is 0 Å². The summed E-state index contributed by atoms with van der Waals surface area (Å²) in [6.45, 7) is 7.06. The largest absolute Gasteiger partial charge is 0.331 e. The van der Waals surface area contributed by atoms with Gasteiger partial charge >= 0.3 is 0 Å². The smallest absolute Gasteiger partial charge is 0.0643 e. The fourth-order valence-corrected chi connectivity index (χ4v) is 9.06. The maximum absolute atomic E-state index is 2.56. The molecule has 7 aromatic carbocycles. The third-order valence-electron chi connectivity index (χ3n) is 11.7. The molecule has 250 valence electrons. The summed E-state index contributed by atoms with van der Waals surface area (Å²) in [5, 5.41) is 5.19. The molecule has 0 radical (unpaired) electrons. The first-order valence-electron chi connectivity index (χ1n) is 18.4. The zero-order chi connectivity index (χ0) is 35.0. The van der Waals surface area contributed by atoms with Crippen LogP contribution in [0.15, 0.2) is 176 Å². The Morgan fingerprint density at radius 1 is 0.519 bits per heavy atom. The lowest BCUT2D eigenvalue weighted by Gasteiger charge is -2.31. The van der Waals surface area contributed by atoms with Crippen molar-refractivity contribution >= 4 is 49.6 Å². The van der Waals surface area contributed by atoms with Crippen LogP contribution in [0.1, 0.15) is 38.3 Å². The zero-order valence-corrected chi connectivity index (χ0v) is 29.8. The lowest BCUT2D eigenvalue weighted by molar-refractivity contribution is 0.437. The molecule has 2 aliphatic rings. The molecule has 1 aromatic heterocycles. The number of hydrogen-bond donors (Lipinski definition) is 0. The van der Waals surface area contributed by atoms with Crippen LogP contribution in [0.3, 0.4) is 0 Å². The van der Waals surface area contributed by atoms with Crippen LogP contribution in [0.25, 0.3) is 54.8 Å². The standard InChI is InChI=1S/C50H40N2/c1-49(2)44-19-11-10-18-41(44)42-27-26-39(33-45(42)49)51(37-15-6-4-7-16-37)38-24-20-34(21-25-38)36-23-28-46-43(32-36)48-40-17-9-8-14-35(40)22-29-47(48)52(46)50(3)30-12-5-13-31-50/h4-30,32-33H,31H2,1-3H3/t50-/m1/s1. The van der Waals surface area contributed by atoms with Gasteiger partial charge < -0.3 is 9.47 Å². The monoisotopic (exact) mass is 668 g/mol. The lowest BCUT2D eigenvalue weighted by atomic mass is 9.82. The molecule has 0 bridgehead atoms. The van der Waals surface area contributed by atoms with Gasteiger partial charge in [-0.3, -0.25) is 0 Å². The Hall–Kier alpha value is -6.12. The van der Waals surface area contributed by atoms with E-state index in [4.69, 9.17) is 0 Å². The van der Waals surface area contributed by atoms with Gasteiger partial charge in [0.25, 0.3) is 0 Å². The summed E-state index contributed by atoms with van der Waals surface area (Å²) in [7, 11) is 0. The highest BCUT2D eigenvalue weighted by Crippen LogP contribution is 2.51. The third kappa shape index (κ3) is 4.57. The van der Waals surface area contributed by atoms with Crippen molar-refractivity contribution in [2.45, 2.75) is 38.1 Å². The first-order chi connectivity index (χ1) is 25.4. The minimum absolute atomic E-state index is 0.0668. The Kier molecular flexibility index (Phi) is 6.76. The van der Waals surface area contributed by atoms with Gasteiger partial charge in [0.15, 0.2) is 0 Å². The highest BCUT2D eigenvalue weighted by molar-refractivity contribution is 6.21. The van der Waals surface area contributed by atoms with Crippen molar-refractivity contribution in [3.63, 3.8) is 0 Å². The van der Waals surface area contributed by atoms with E-state index in [1.165, 1.54) is 71.6 Å². The Morgan fingerprint density at radius 2 is 1.21 bits per heavy atom. The molecule has 0 unspecified atom stereocenters. The van der Waals surface area contributed by atoms with Gasteiger partial charge in [0.2, 0.25) is 0 Å². The molecule has 0 amide bonds. The van der Waals surface area contributed by atoms with Gasteiger partial charge in [-0.25, -0.2) is 0 Å². The van der Waals surface area contributed by atoms with Gasteiger partial charge in [-0.05, 0) is 112 Å². The fraction of sp³-hybridized carbons (Fsp3) is 0.120. The van der Waals surface area contributed by atoms with Crippen LogP contribution in [0.5, 0.6) is 0 Å². The summed E-state index contributed by atoms with van der Waals surface area (Å²) in [5.41, 5.74) is 13.7. The number of aromatic nitrogens is 1. The number of allylic oxidation sites excluding steroid dienone is 4. The van der Waals surface area contributed by atoms with Gasteiger partial charge in [-0.2, -0.15) is 0 Å². The fourth-order valence-electron chi connectivity index (χ4n) is 9.06. The molecule has 1 atom stereocenters. The van der Waals surface area contributed by atoms with Gasteiger partial charge in [0, 0.05) is 38.8 Å². The molecule has 1 heterocycles. The topological polar surface area (TPSA) is 8.17 Å². The number of fused-ring (bicyclic) bond motifs is 8. The van der Waals surface area contributed by atoms with E-state index < -0.39 is 0 Å². The molecular weight excluding hydrogens is 629 g/mol. The molecular formula is C50H40N2. The molecule has 0 aliphatic heterocycles. The minimum atomic E-state index is -0.142. The average molecular weight is 669 g/mol. The highest BCUT2D eigenvalue weighted by Gasteiger charge is 2.36. The maximum atomic E-state index is 2.56. The first kappa shape index (κ1) is 30.7. The van der Waals surface area contributed by atoms with E-state index in [9.17, 15) is 0 Å². The average Bonchev–Trinajstić information content (AvgIpc) is 3.65. The van der Waals surface area contributed by atoms with Gasteiger partial charge in [-0.1, -0.05) is 135 Å². The number of para-hydroxylation sites is 1. The highest BCUT2D eigenvalue weighted by atomic mass is 15.1. The second-order valence-corrected chi connectivity index (χ2v) is 15.2. The number of nitrogens with zero attached hydrogens (tertiary/aromatic N) is 2. The predicted octanol–water partition coefficient (Wildman–Crippen LogP) is 13.6. The molecule has 0 saturated carbocycles. The molecule has 0 spiro atoms. The van der Waals surface area contributed by atoms with Gasteiger partial charge in [0.05, 0.1) is 11.1 Å². The maximum Gasteiger partial charge on any atom is 0.0643 e. The second-order valence-electron chi connectivity index (χ2n) is 15.2. The summed E-state index contributed by atoms with van der Waals surface area (Å²) >= 11 is 0. The molecule has 10 rings (SSSR count). The van der Waals surface area contributed by atoms with Crippen LogP contribution in [0.2, 0.25) is 0 Å². The SMILES string of the molecule is CC1(C)c2ccccc2-c2ccc(N(c3ccccc3)c3ccc(-c4ccc5c(c4)c4c6ccccc6ccc4n5[C@]4(C)C=CC=CC4)cc3)cc21. The van der Waals surface area contributed by atoms with Crippen LogP contribution < -0.4 is 4.90 Å². The van der Waals surface area contributed by atoms with Crippen LogP contribution in [0.4, 0.5) is 17.1 Å². The number of anilines is 3. The van der Waals surface area contributed by atoms with Crippen molar-refractivity contribution in [2.24, 2.45) is 0 Å². The van der Waals surface area contributed by atoms with Crippen molar-refractivity contribution in [1.29, 1.82) is 0 Å². The zero-order valence-electron chi connectivity index (χ0n) is 29.8. The number of rotatable bonds is 5. The molecule has 8 aromatic rings. The quantitative estimate of drug-likeness (QED) is 0.177. The van der Waals surface area contributed by atoms with E-state index in [-0.39, 0.29) is 11.0 Å². The Labute approximate surface area is 305 Å². The summed E-state index contributed by atoms with van der Waals surface area (Å²) < 4.78 is 2.56. The van der Waals surface area contributed by atoms with Crippen molar-refractivity contribution < 1.29 is 0 Å². The minimum Gasteiger partial charge on any atom is -0.331 e. The van der Waals surface area contributed by atoms with E-state index in [0.717, 1.165) is 17.8 Å². The number of benzene rings is 7. The van der Waals surface area contributed by atoms with E-state index in [0.29, 0.717) is 0 Å². The Morgan fingerprint density at radius 3 is 2.04 bits per heavy atom. The molecule has 2 aliphatic carbocycles.